The molecular weight excluding hydrogens is 324 g/mol. The molecule has 25 heavy (non-hydrogen) atoms. The van der Waals surface area contributed by atoms with E-state index in [0.29, 0.717) is 0 Å². The molecule has 0 fully saturated rings. The summed E-state index contributed by atoms with van der Waals surface area (Å²) >= 11 is 0. The molecule has 7 heteroatoms. The number of aryl methyl sites for hydroxylation is 1. The molecule has 0 radical (unpaired) electrons. The second-order valence-electron chi connectivity index (χ2n) is 5.18. The molecule has 0 heterocycles. The number of amides is 1. The van der Waals surface area contributed by atoms with Gasteiger partial charge >= 0.3 is 5.97 Å². The molecule has 1 amide bonds. The summed E-state index contributed by atoms with van der Waals surface area (Å²) in [6.07, 6.45) is 2.79. The summed E-state index contributed by atoms with van der Waals surface area (Å²) in [4.78, 5) is 33.7. The summed E-state index contributed by atoms with van der Waals surface area (Å²) < 4.78 is 4.82. The highest BCUT2D eigenvalue weighted by Crippen LogP contribution is 2.22. The second kappa shape index (κ2) is 8.39. The van der Waals surface area contributed by atoms with E-state index in [9.17, 15) is 19.7 Å². The number of nitro groups is 1. The molecule has 2 rings (SSSR count). The quantitative estimate of drug-likeness (QED) is 0.377. The van der Waals surface area contributed by atoms with Crippen molar-refractivity contribution in [2.75, 3.05) is 11.9 Å². The number of ether oxygens (including phenoxy) is 1. The number of hydrogen-bond acceptors (Lipinski definition) is 5. The van der Waals surface area contributed by atoms with Crippen LogP contribution in [0.15, 0.2) is 54.6 Å². The molecule has 7 nitrogen and oxygen atoms in total. The average molecular weight is 340 g/mol. The van der Waals surface area contributed by atoms with Gasteiger partial charge in [-0.1, -0.05) is 42.0 Å². The fourth-order valence-electron chi connectivity index (χ4n) is 2.05. The molecule has 0 bridgehead atoms. The van der Waals surface area contributed by atoms with Gasteiger partial charge in [-0.05, 0) is 24.6 Å². The summed E-state index contributed by atoms with van der Waals surface area (Å²) in [7, 11) is 0. The normalized spacial score (nSPS) is 10.4. The minimum atomic E-state index is -0.681. The second-order valence-corrected chi connectivity index (χ2v) is 5.18. The molecule has 0 aliphatic carbocycles. The van der Waals surface area contributed by atoms with E-state index in [1.807, 2.05) is 31.2 Å². The highest BCUT2D eigenvalue weighted by molar-refractivity contribution is 5.96. The molecule has 0 atom stereocenters. The summed E-state index contributed by atoms with van der Waals surface area (Å²) in [5.74, 6) is -1.34. The Kier molecular flexibility index (Phi) is 6.00. The van der Waals surface area contributed by atoms with Crippen molar-refractivity contribution >= 4 is 29.3 Å². The maximum Gasteiger partial charge on any atom is 0.331 e. The number of rotatable bonds is 6. The van der Waals surface area contributed by atoms with Crippen LogP contribution in [-0.4, -0.2) is 23.4 Å². The molecule has 2 aromatic rings. The third-order valence-electron chi connectivity index (χ3n) is 3.17. The number of carbonyl (C=O) groups excluding carboxylic acids is 2. The lowest BCUT2D eigenvalue weighted by Gasteiger charge is -2.05. The summed E-state index contributed by atoms with van der Waals surface area (Å²) in [5.41, 5.74) is 1.70. The Morgan fingerprint density at radius 3 is 2.68 bits per heavy atom. The smallest absolute Gasteiger partial charge is 0.331 e. The number of nitrogens with one attached hydrogen (secondary N) is 1. The number of nitrogens with zero attached hydrogens (tertiary/aromatic N) is 1. The van der Waals surface area contributed by atoms with Crippen LogP contribution in [-0.2, 0) is 14.3 Å². The van der Waals surface area contributed by atoms with Crippen LogP contribution in [0.3, 0.4) is 0 Å². The van der Waals surface area contributed by atoms with Crippen LogP contribution in [0.5, 0.6) is 0 Å². The van der Waals surface area contributed by atoms with E-state index in [2.05, 4.69) is 5.32 Å². The van der Waals surface area contributed by atoms with Crippen molar-refractivity contribution in [3.05, 3.63) is 75.8 Å². The summed E-state index contributed by atoms with van der Waals surface area (Å²) in [6.45, 7) is 1.39. The SMILES string of the molecule is Cc1cccc(/C=C/C(=O)OCC(=O)Nc2ccccc2[N+](=O)[O-])c1. The molecule has 0 spiro atoms. The first-order valence-electron chi connectivity index (χ1n) is 7.40. The Labute approximate surface area is 144 Å². The van der Waals surface area contributed by atoms with Gasteiger partial charge in [0.25, 0.3) is 11.6 Å². The van der Waals surface area contributed by atoms with Gasteiger partial charge in [0, 0.05) is 12.1 Å². The van der Waals surface area contributed by atoms with Gasteiger partial charge in [0.15, 0.2) is 6.61 Å². The van der Waals surface area contributed by atoms with Crippen LogP contribution in [0.25, 0.3) is 6.08 Å². The van der Waals surface area contributed by atoms with Gasteiger partial charge in [0.2, 0.25) is 0 Å². The van der Waals surface area contributed by atoms with Crippen LogP contribution in [0, 0.1) is 17.0 Å². The van der Waals surface area contributed by atoms with Crippen LogP contribution in [0.4, 0.5) is 11.4 Å². The van der Waals surface area contributed by atoms with E-state index in [4.69, 9.17) is 4.74 Å². The molecule has 128 valence electrons. The maximum absolute atomic E-state index is 11.8. The number of hydrogen-bond donors (Lipinski definition) is 1. The van der Waals surface area contributed by atoms with Gasteiger partial charge in [-0.2, -0.15) is 0 Å². The third kappa shape index (κ3) is 5.58. The van der Waals surface area contributed by atoms with Gasteiger partial charge in [-0.15, -0.1) is 0 Å². The third-order valence-corrected chi connectivity index (χ3v) is 3.17. The topological polar surface area (TPSA) is 98.5 Å². The number of para-hydroxylation sites is 2. The Bertz CT molecular complexity index is 830. The zero-order valence-corrected chi connectivity index (χ0v) is 13.5. The molecule has 0 saturated carbocycles. The van der Waals surface area contributed by atoms with Crippen molar-refractivity contribution < 1.29 is 19.2 Å². The highest BCUT2D eigenvalue weighted by atomic mass is 16.6. The van der Waals surface area contributed by atoms with E-state index in [0.717, 1.165) is 11.1 Å². The van der Waals surface area contributed by atoms with E-state index in [1.165, 1.54) is 24.3 Å². The number of carbonyl (C=O) groups is 2. The fourth-order valence-corrected chi connectivity index (χ4v) is 2.05. The van der Waals surface area contributed by atoms with Crippen molar-refractivity contribution in [3.63, 3.8) is 0 Å². The first-order chi connectivity index (χ1) is 12.0. The fraction of sp³-hybridized carbons (Fsp3) is 0.111. The van der Waals surface area contributed by atoms with Gasteiger partial charge < -0.3 is 10.1 Å². The largest absolute Gasteiger partial charge is 0.452 e. The Morgan fingerprint density at radius 2 is 1.96 bits per heavy atom. The molecule has 0 aliphatic heterocycles. The molecule has 2 aromatic carbocycles. The molecular formula is C18H16N2O5. The number of anilines is 1. The zero-order valence-electron chi connectivity index (χ0n) is 13.5. The van der Waals surface area contributed by atoms with Gasteiger partial charge in [0.05, 0.1) is 4.92 Å². The molecule has 0 saturated heterocycles. The number of benzene rings is 2. The maximum atomic E-state index is 11.8. The van der Waals surface area contributed by atoms with Gasteiger partial charge in [-0.3, -0.25) is 14.9 Å². The minimum Gasteiger partial charge on any atom is -0.452 e. The lowest BCUT2D eigenvalue weighted by molar-refractivity contribution is -0.383. The van der Waals surface area contributed by atoms with E-state index < -0.39 is 23.4 Å². The van der Waals surface area contributed by atoms with Crippen molar-refractivity contribution in [2.45, 2.75) is 6.92 Å². The van der Waals surface area contributed by atoms with E-state index in [1.54, 1.807) is 12.1 Å². The number of esters is 1. The van der Waals surface area contributed by atoms with Crippen LogP contribution < -0.4 is 5.32 Å². The van der Waals surface area contributed by atoms with Gasteiger partial charge in [-0.25, -0.2) is 4.79 Å². The molecule has 1 N–H and O–H groups in total. The Morgan fingerprint density at radius 1 is 1.20 bits per heavy atom. The highest BCUT2D eigenvalue weighted by Gasteiger charge is 2.15. The minimum absolute atomic E-state index is 0.0452. The first kappa shape index (κ1) is 17.9. The Hall–Kier alpha value is -3.48. The van der Waals surface area contributed by atoms with Crippen molar-refractivity contribution in [2.24, 2.45) is 0 Å². The summed E-state index contributed by atoms with van der Waals surface area (Å²) in [6, 6.07) is 13.2. The van der Waals surface area contributed by atoms with E-state index >= 15 is 0 Å². The monoisotopic (exact) mass is 340 g/mol. The average Bonchev–Trinajstić information content (AvgIpc) is 2.58. The van der Waals surface area contributed by atoms with Crippen molar-refractivity contribution in [3.8, 4) is 0 Å². The molecule has 0 unspecified atom stereocenters. The Balaban J connectivity index is 1.88. The predicted octanol–water partition coefficient (Wildman–Crippen LogP) is 3.10. The van der Waals surface area contributed by atoms with Crippen molar-refractivity contribution in [1.29, 1.82) is 0 Å². The molecule has 0 aliphatic rings. The first-order valence-corrected chi connectivity index (χ1v) is 7.40. The lowest BCUT2D eigenvalue weighted by atomic mass is 10.1. The van der Waals surface area contributed by atoms with Crippen LogP contribution in [0.1, 0.15) is 11.1 Å². The standard InChI is InChI=1S/C18H16N2O5/c1-13-5-4-6-14(11-13)9-10-18(22)25-12-17(21)19-15-7-2-3-8-16(15)20(23)24/h2-11H,12H2,1H3,(H,19,21)/b10-9+. The molecule has 0 aromatic heterocycles. The lowest BCUT2D eigenvalue weighted by Crippen LogP contribution is -2.20. The number of nitro benzene ring substituents is 1. The van der Waals surface area contributed by atoms with Crippen molar-refractivity contribution in [1.82, 2.24) is 0 Å². The van der Waals surface area contributed by atoms with Crippen LogP contribution >= 0.6 is 0 Å². The van der Waals surface area contributed by atoms with Crippen LogP contribution in [0.2, 0.25) is 0 Å². The van der Waals surface area contributed by atoms with E-state index in [-0.39, 0.29) is 11.4 Å². The zero-order chi connectivity index (χ0) is 18.2. The van der Waals surface area contributed by atoms with Gasteiger partial charge in [0.1, 0.15) is 5.69 Å². The summed E-state index contributed by atoms with van der Waals surface area (Å²) in [5, 5.41) is 13.2. The predicted molar refractivity (Wildman–Crippen MR) is 92.9 cm³/mol.